The van der Waals surface area contributed by atoms with Crippen molar-refractivity contribution in [3.63, 3.8) is 0 Å². The Bertz CT molecular complexity index is 476. The fraction of sp³-hybridized carbons (Fsp3) is 0.955. The molecule has 1 N–H and O–H groups in total. The minimum absolute atomic E-state index is 0.320. The average Bonchev–Trinajstić information content (AvgIpc) is 2.98. The predicted octanol–water partition coefficient (Wildman–Crippen LogP) is 1.64. The molecule has 0 amide bonds. The van der Waals surface area contributed by atoms with Gasteiger partial charge in [-0.3, -0.25) is 4.99 Å². The van der Waals surface area contributed by atoms with Gasteiger partial charge in [0, 0.05) is 46.4 Å². The quantitative estimate of drug-likeness (QED) is 0.392. The van der Waals surface area contributed by atoms with Crippen LogP contribution >= 0.6 is 0 Å². The lowest BCUT2D eigenvalue weighted by molar-refractivity contribution is -0.0721. The van der Waals surface area contributed by atoms with Crippen molar-refractivity contribution in [2.24, 2.45) is 4.99 Å². The van der Waals surface area contributed by atoms with Gasteiger partial charge in [-0.25, -0.2) is 0 Å². The van der Waals surface area contributed by atoms with E-state index in [9.17, 15) is 0 Å². The van der Waals surface area contributed by atoms with Crippen molar-refractivity contribution in [3.05, 3.63) is 0 Å². The highest BCUT2D eigenvalue weighted by Crippen LogP contribution is 2.18. The lowest BCUT2D eigenvalue weighted by Gasteiger charge is -2.35. The van der Waals surface area contributed by atoms with Gasteiger partial charge in [0.15, 0.2) is 5.96 Å². The number of hydrogen-bond donors (Lipinski definition) is 1. The summed E-state index contributed by atoms with van der Waals surface area (Å²) in [5, 5.41) is 3.58. The van der Waals surface area contributed by atoms with Crippen molar-refractivity contribution < 1.29 is 9.47 Å². The molecular weight excluding hydrogens is 366 g/mol. The molecule has 7 nitrogen and oxygen atoms in total. The van der Waals surface area contributed by atoms with Gasteiger partial charge in [-0.15, -0.1) is 0 Å². The number of hydrogen-bond acceptors (Lipinski definition) is 5. The van der Waals surface area contributed by atoms with E-state index in [-0.39, 0.29) is 0 Å². The number of piperidine rings is 1. The predicted molar refractivity (Wildman–Crippen MR) is 119 cm³/mol. The van der Waals surface area contributed by atoms with Crippen LogP contribution in [-0.4, -0.2) is 113 Å². The molecule has 3 aliphatic rings. The smallest absolute Gasteiger partial charge is 0.193 e. The Hall–Kier alpha value is -0.890. The highest BCUT2D eigenvalue weighted by atomic mass is 16.5. The Morgan fingerprint density at radius 2 is 1.90 bits per heavy atom. The Balaban J connectivity index is 1.27. The second kappa shape index (κ2) is 12.7. The number of ether oxygens (including phenoxy) is 2. The summed E-state index contributed by atoms with van der Waals surface area (Å²) in [6, 6.07) is 0. The largest absolute Gasteiger partial charge is 0.376 e. The Kier molecular flexibility index (Phi) is 10.00. The maximum absolute atomic E-state index is 6.15. The van der Waals surface area contributed by atoms with Crippen LogP contribution in [0.5, 0.6) is 0 Å². The van der Waals surface area contributed by atoms with Crippen molar-refractivity contribution in [2.45, 2.75) is 57.2 Å². The molecule has 0 aromatic carbocycles. The zero-order chi connectivity index (χ0) is 20.3. The summed E-state index contributed by atoms with van der Waals surface area (Å²) in [5.74, 6) is 1.05. The van der Waals surface area contributed by atoms with E-state index in [0.29, 0.717) is 12.2 Å². The molecule has 3 aliphatic heterocycles. The molecule has 168 valence electrons. The van der Waals surface area contributed by atoms with Crippen LogP contribution < -0.4 is 5.32 Å². The number of nitrogens with one attached hydrogen (secondary N) is 1. The van der Waals surface area contributed by atoms with E-state index in [0.717, 1.165) is 58.1 Å². The van der Waals surface area contributed by atoms with E-state index >= 15 is 0 Å². The van der Waals surface area contributed by atoms with E-state index in [4.69, 9.17) is 9.47 Å². The first-order valence-corrected chi connectivity index (χ1v) is 11.8. The van der Waals surface area contributed by atoms with E-state index in [2.05, 4.69) is 32.1 Å². The van der Waals surface area contributed by atoms with E-state index < -0.39 is 0 Å². The molecule has 3 rings (SSSR count). The molecule has 3 heterocycles. The third-order valence-electron chi connectivity index (χ3n) is 6.49. The number of aliphatic imine (C=N–C) groups is 1. The highest BCUT2D eigenvalue weighted by Gasteiger charge is 2.23. The number of rotatable bonds is 7. The van der Waals surface area contributed by atoms with Gasteiger partial charge in [-0.2, -0.15) is 0 Å². The monoisotopic (exact) mass is 409 g/mol. The summed E-state index contributed by atoms with van der Waals surface area (Å²) in [6.45, 7) is 10.7. The SMILES string of the molecule is CN=C(NCCCN1CCCN(C)CC1)N1CCC(OCC2CCCCO2)CC1. The van der Waals surface area contributed by atoms with Crippen LogP contribution in [0.1, 0.15) is 44.9 Å². The average molecular weight is 410 g/mol. The lowest BCUT2D eigenvalue weighted by atomic mass is 10.1. The third-order valence-corrected chi connectivity index (χ3v) is 6.49. The molecule has 29 heavy (non-hydrogen) atoms. The molecule has 1 unspecified atom stereocenters. The zero-order valence-corrected chi connectivity index (χ0v) is 18.8. The molecular formula is C22H43N5O2. The summed E-state index contributed by atoms with van der Waals surface area (Å²) >= 11 is 0. The van der Waals surface area contributed by atoms with Crippen molar-refractivity contribution in [1.82, 2.24) is 20.0 Å². The summed E-state index contributed by atoms with van der Waals surface area (Å²) < 4.78 is 11.9. The zero-order valence-electron chi connectivity index (χ0n) is 18.8. The van der Waals surface area contributed by atoms with Gasteiger partial charge < -0.3 is 29.5 Å². The van der Waals surface area contributed by atoms with Gasteiger partial charge in [-0.05, 0) is 71.6 Å². The Morgan fingerprint density at radius 1 is 1.03 bits per heavy atom. The number of likely N-dealkylation sites (N-methyl/N-ethyl adjacent to an activating group) is 1. The Labute approximate surface area is 177 Å². The molecule has 0 spiro atoms. The molecule has 0 radical (unpaired) electrons. The van der Waals surface area contributed by atoms with Crippen LogP contribution in [0, 0.1) is 0 Å². The van der Waals surface area contributed by atoms with Crippen LogP contribution in [-0.2, 0) is 9.47 Å². The van der Waals surface area contributed by atoms with E-state index in [1.54, 1.807) is 0 Å². The maximum atomic E-state index is 6.15. The van der Waals surface area contributed by atoms with Crippen molar-refractivity contribution in [2.75, 3.05) is 79.7 Å². The molecule has 0 aliphatic carbocycles. The number of nitrogens with zero attached hydrogens (tertiary/aromatic N) is 4. The normalized spacial score (nSPS) is 26.5. The first-order chi connectivity index (χ1) is 14.2. The second-order valence-corrected chi connectivity index (χ2v) is 8.83. The standard InChI is InChI=1S/C22H43N5O2/c1-23-22(24-10-5-12-26-13-6-11-25(2)16-17-26)27-14-8-20(9-15-27)29-19-21-7-3-4-18-28-21/h20-21H,3-19H2,1-2H3,(H,23,24). The first kappa shape index (κ1) is 22.8. The molecule has 0 aromatic rings. The van der Waals surface area contributed by atoms with Crippen LogP contribution in [0.25, 0.3) is 0 Å². The minimum atomic E-state index is 0.320. The first-order valence-electron chi connectivity index (χ1n) is 11.8. The van der Waals surface area contributed by atoms with Crippen molar-refractivity contribution >= 4 is 5.96 Å². The van der Waals surface area contributed by atoms with E-state index in [1.807, 2.05) is 7.05 Å². The molecule has 0 bridgehead atoms. The van der Waals surface area contributed by atoms with Crippen LogP contribution in [0.2, 0.25) is 0 Å². The van der Waals surface area contributed by atoms with Crippen LogP contribution in [0.4, 0.5) is 0 Å². The fourth-order valence-corrected chi connectivity index (χ4v) is 4.58. The summed E-state index contributed by atoms with van der Waals surface area (Å²) in [6.07, 6.45) is 8.95. The molecule has 3 saturated heterocycles. The van der Waals surface area contributed by atoms with Crippen LogP contribution in [0.15, 0.2) is 4.99 Å². The minimum Gasteiger partial charge on any atom is -0.376 e. The molecule has 0 aromatic heterocycles. The fourth-order valence-electron chi connectivity index (χ4n) is 4.58. The van der Waals surface area contributed by atoms with Gasteiger partial charge in [0.25, 0.3) is 0 Å². The maximum Gasteiger partial charge on any atom is 0.193 e. The van der Waals surface area contributed by atoms with Gasteiger partial charge in [0.1, 0.15) is 0 Å². The molecule has 7 heteroatoms. The van der Waals surface area contributed by atoms with E-state index in [1.165, 1.54) is 58.4 Å². The van der Waals surface area contributed by atoms with Crippen LogP contribution in [0.3, 0.4) is 0 Å². The number of guanidine groups is 1. The van der Waals surface area contributed by atoms with Crippen molar-refractivity contribution in [3.8, 4) is 0 Å². The van der Waals surface area contributed by atoms with Gasteiger partial charge in [-0.1, -0.05) is 0 Å². The topological polar surface area (TPSA) is 52.6 Å². The van der Waals surface area contributed by atoms with Gasteiger partial charge in [0.2, 0.25) is 0 Å². The number of likely N-dealkylation sites (tertiary alicyclic amines) is 1. The molecule has 3 fully saturated rings. The van der Waals surface area contributed by atoms with Crippen molar-refractivity contribution in [1.29, 1.82) is 0 Å². The Morgan fingerprint density at radius 3 is 2.66 bits per heavy atom. The highest BCUT2D eigenvalue weighted by molar-refractivity contribution is 5.79. The summed E-state index contributed by atoms with van der Waals surface area (Å²) in [5.41, 5.74) is 0. The van der Waals surface area contributed by atoms with Gasteiger partial charge in [0.05, 0.1) is 18.8 Å². The van der Waals surface area contributed by atoms with Gasteiger partial charge >= 0.3 is 0 Å². The lowest BCUT2D eigenvalue weighted by Crippen LogP contribution is -2.47. The third kappa shape index (κ3) is 8.04. The summed E-state index contributed by atoms with van der Waals surface area (Å²) in [4.78, 5) is 11.9. The summed E-state index contributed by atoms with van der Waals surface area (Å²) in [7, 11) is 4.13. The molecule has 1 atom stereocenters. The second-order valence-electron chi connectivity index (χ2n) is 8.83. The molecule has 0 saturated carbocycles.